The van der Waals surface area contributed by atoms with E-state index in [9.17, 15) is 4.79 Å². The Kier molecular flexibility index (Phi) is 7.94. The Bertz CT molecular complexity index is 1140. The number of carbonyl (C=O) groups is 1. The second kappa shape index (κ2) is 11.5. The maximum atomic E-state index is 12.7. The van der Waals surface area contributed by atoms with Crippen molar-refractivity contribution in [2.24, 2.45) is 0 Å². The quantitative estimate of drug-likeness (QED) is 0.504. The average molecular weight is 494 g/mol. The zero-order valence-corrected chi connectivity index (χ0v) is 21.0. The molecule has 0 spiro atoms. The minimum atomic E-state index is -0.123. The van der Waals surface area contributed by atoms with Crippen LogP contribution in [0.4, 0.5) is 16.3 Å². The summed E-state index contributed by atoms with van der Waals surface area (Å²) in [5.41, 5.74) is 2.23. The molecule has 4 rings (SSSR count). The van der Waals surface area contributed by atoms with Crippen molar-refractivity contribution in [3.63, 3.8) is 0 Å². The number of methoxy groups -OCH3 is 3. The van der Waals surface area contributed by atoms with E-state index in [4.69, 9.17) is 18.9 Å². The molecule has 1 aromatic heterocycles. The Labute approximate surface area is 210 Å². The van der Waals surface area contributed by atoms with E-state index < -0.39 is 0 Å². The zero-order chi connectivity index (χ0) is 25.5. The van der Waals surface area contributed by atoms with Crippen molar-refractivity contribution < 1.29 is 23.7 Å². The Morgan fingerprint density at radius 3 is 2.08 bits per heavy atom. The summed E-state index contributed by atoms with van der Waals surface area (Å²) >= 11 is 0. The molecule has 190 valence electrons. The fourth-order valence-corrected chi connectivity index (χ4v) is 4.02. The molecule has 36 heavy (non-hydrogen) atoms. The highest BCUT2D eigenvalue weighted by Gasteiger charge is 2.22. The molecule has 0 radical (unpaired) electrons. The van der Waals surface area contributed by atoms with E-state index >= 15 is 0 Å². The lowest BCUT2D eigenvalue weighted by Crippen LogP contribution is -2.50. The lowest BCUT2D eigenvalue weighted by molar-refractivity contribution is 0.208. The van der Waals surface area contributed by atoms with Crippen molar-refractivity contribution in [1.82, 2.24) is 15.1 Å². The summed E-state index contributed by atoms with van der Waals surface area (Å²) in [6.45, 7) is 5.03. The van der Waals surface area contributed by atoms with Crippen molar-refractivity contribution >= 4 is 17.5 Å². The number of anilines is 2. The number of hydrogen-bond acceptors (Lipinski definition) is 8. The first-order valence-electron chi connectivity index (χ1n) is 11.7. The number of rotatable bonds is 8. The maximum absolute atomic E-state index is 12.7. The molecule has 10 nitrogen and oxygen atoms in total. The molecule has 3 aromatic rings. The van der Waals surface area contributed by atoms with Gasteiger partial charge in [-0.25, -0.2) is 4.79 Å². The van der Waals surface area contributed by atoms with Gasteiger partial charge in [0.25, 0.3) is 0 Å². The van der Waals surface area contributed by atoms with Crippen LogP contribution in [-0.4, -0.2) is 75.2 Å². The van der Waals surface area contributed by atoms with Crippen LogP contribution in [-0.2, 0) is 0 Å². The molecular weight excluding hydrogens is 462 g/mol. The number of aromatic nitrogens is 2. The lowest BCUT2D eigenvalue weighted by Gasteiger charge is -2.35. The standard InChI is InChI=1S/C26H31N5O5/c1-5-36-20-8-6-19(7-9-20)27-26(32)31-14-12-30(13-15-31)24-11-10-21(28-29-24)18-16-22(33-2)25(35-4)23(17-18)34-3/h6-11,16-17H,5,12-15H2,1-4H3,(H,27,32). The molecule has 1 fully saturated rings. The number of carbonyl (C=O) groups excluding carboxylic acids is 1. The number of urea groups is 1. The average Bonchev–Trinajstić information content (AvgIpc) is 2.93. The fraction of sp³-hybridized carbons (Fsp3) is 0.346. The molecule has 0 saturated carbocycles. The smallest absolute Gasteiger partial charge is 0.321 e. The summed E-state index contributed by atoms with van der Waals surface area (Å²) in [7, 11) is 4.72. The van der Waals surface area contributed by atoms with Gasteiger partial charge in [0.2, 0.25) is 5.75 Å². The van der Waals surface area contributed by atoms with Crippen molar-refractivity contribution in [2.45, 2.75) is 6.92 Å². The molecule has 1 saturated heterocycles. The number of nitrogens with one attached hydrogen (secondary N) is 1. The number of ether oxygens (including phenoxy) is 4. The monoisotopic (exact) mass is 493 g/mol. The topological polar surface area (TPSA) is 98.3 Å². The van der Waals surface area contributed by atoms with Gasteiger partial charge in [0, 0.05) is 37.4 Å². The minimum Gasteiger partial charge on any atom is -0.494 e. The largest absolute Gasteiger partial charge is 0.494 e. The van der Waals surface area contributed by atoms with Gasteiger partial charge in [-0.3, -0.25) is 0 Å². The van der Waals surface area contributed by atoms with E-state index in [2.05, 4.69) is 20.4 Å². The van der Waals surface area contributed by atoms with Gasteiger partial charge in [-0.1, -0.05) is 0 Å². The van der Waals surface area contributed by atoms with E-state index in [1.54, 1.807) is 26.2 Å². The summed E-state index contributed by atoms with van der Waals surface area (Å²) in [5, 5.41) is 11.8. The predicted octanol–water partition coefficient (Wildman–Crippen LogP) is 3.92. The van der Waals surface area contributed by atoms with Gasteiger partial charge in [-0.05, 0) is 55.5 Å². The summed E-state index contributed by atoms with van der Waals surface area (Å²) in [4.78, 5) is 16.6. The van der Waals surface area contributed by atoms with Crippen molar-refractivity contribution in [2.75, 3.05) is 64.3 Å². The number of hydrogen-bond donors (Lipinski definition) is 1. The predicted molar refractivity (Wildman–Crippen MR) is 138 cm³/mol. The van der Waals surface area contributed by atoms with Crippen LogP contribution < -0.4 is 29.2 Å². The molecule has 0 bridgehead atoms. The van der Waals surface area contributed by atoms with Crippen LogP contribution in [0.1, 0.15) is 6.92 Å². The van der Waals surface area contributed by atoms with E-state index in [0.717, 1.165) is 22.8 Å². The first-order chi connectivity index (χ1) is 17.6. The highest BCUT2D eigenvalue weighted by Crippen LogP contribution is 2.40. The van der Waals surface area contributed by atoms with Crippen LogP contribution in [0.25, 0.3) is 11.3 Å². The van der Waals surface area contributed by atoms with Crippen molar-refractivity contribution in [1.29, 1.82) is 0 Å². The van der Waals surface area contributed by atoms with Gasteiger partial charge < -0.3 is 34.1 Å². The maximum Gasteiger partial charge on any atom is 0.321 e. The second-order valence-corrected chi connectivity index (χ2v) is 8.05. The van der Waals surface area contributed by atoms with Gasteiger partial charge in [0.05, 0.1) is 33.6 Å². The minimum absolute atomic E-state index is 0.123. The van der Waals surface area contributed by atoms with Crippen LogP contribution in [0, 0.1) is 0 Å². The van der Waals surface area contributed by atoms with Crippen LogP contribution in [0.2, 0.25) is 0 Å². The Morgan fingerprint density at radius 1 is 0.889 bits per heavy atom. The molecule has 2 aromatic carbocycles. The highest BCUT2D eigenvalue weighted by molar-refractivity contribution is 5.89. The van der Waals surface area contributed by atoms with E-state index in [1.165, 1.54) is 0 Å². The molecular formula is C26H31N5O5. The molecule has 0 aliphatic carbocycles. The first-order valence-corrected chi connectivity index (χ1v) is 11.7. The second-order valence-electron chi connectivity index (χ2n) is 8.05. The summed E-state index contributed by atoms with van der Waals surface area (Å²) in [6, 6.07) is 14.8. The van der Waals surface area contributed by atoms with Gasteiger partial charge in [0.15, 0.2) is 17.3 Å². The zero-order valence-electron chi connectivity index (χ0n) is 21.0. The number of piperazine rings is 1. The first kappa shape index (κ1) is 24.9. The molecule has 0 unspecified atom stereocenters. The van der Waals surface area contributed by atoms with E-state index in [0.29, 0.717) is 55.7 Å². The number of benzene rings is 2. The van der Waals surface area contributed by atoms with E-state index in [-0.39, 0.29) is 6.03 Å². The van der Waals surface area contributed by atoms with Crippen LogP contribution in [0.15, 0.2) is 48.5 Å². The van der Waals surface area contributed by atoms with Crippen LogP contribution in [0.3, 0.4) is 0 Å². The summed E-state index contributed by atoms with van der Waals surface area (Å²) < 4.78 is 21.7. The Hall–Kier alpha value is -4.21. The third kappa shape index (κ3) is 5.54. The molecule has 1 N–H and O–H groups in total. The molecule has 2 heterocycles. The van der Waals surface area contributed by atoms with Crippen LogP contribution >= 0.6 is 0 Å². The van der Waals surface area contributed by atoms with Gasteiger partial charge >= 0.3 is 6.03 Å². The number of amides is 2. The Balaban J connectivity index is 1.36. The Morgan fingerprint density at radius 2 is 1.56 bits per heavy atom. The molecule has 1 aliphatic rings. The van der Waals surface area contributed by atoms with Gasteiger partial charge in [-0.15, -0.1) is 10.2 Å². The fourth-order valence-electron chi connectivity index (χ4n) is 4.02. The normalized spacial score (nSPS) is 13.2. The van der Waals surface area contributed by atoms with Crippen LogP contribution in [0.5, 0.6) is 23.0 Å². The SMILES string of the molecule is CCOc1ccc(NC(=O)N2CCN(c3ccc(-c4cc(OC)c(OC)c(OC)c4)nn3)CC2)cc1. The van der Waals surface area contributed by atoms with Gasteiger partial charge in [0.1, 0.15) is 5.75 Å². The highest BCUT2D eigenvalue weighted by atomic mass is 16.5. The third-order valence-corrected chi connectivity index (χ3v) is 5.92. The van der Waals surface area contributed by atoms with Crippen molar-refractivity contribution in [3.05, 3.63) is 48.5 Å². The molecule has 0 atom stereocenters. The number of nitrogens with zero attached hydrogens (tertiary/aromatic N) is 4. The molecule has 1 aliphatic heterocycles. The van der Waals surface area contributed by atoms with Crippen molar-refractivity contribution in [3.8, 4) is 34.3 Å². The summed E-state index contributed by atoms with van der Waals surface area (Å²) in [5.74, 6) is 3.17. The molecule has 10 heteroatoms. The van der Waals surface area contributed by atoms with Gasteiger partial charge in [-0.2, -0.15) is 0 Å². The lowest BCUT2D eigenvalue weighted by atomic mass is 10.1. The molecule has 2 amide bonds. The van der Waals surface area contributed by atoms with E-state index in [1.807, 2.05) is 55.5 Å². The summed E-state index contributed by atoms with van der Waals surface area (Å²) in [6.07, 6.45) is 0. The third-order valence-electron chi connectivity index (χ3n) is 5.92.